The number of rotatable bonds is 5. The second kappa shape index (κ2) is 8.42. The van der Waals surface area contributed by atoms with Crippen LogP contribution in [-0.2, 0) is 4.79 Å². The molecule has 0 aliphatic heterocycles. The number of alkyl halides is 3. The van der Waals surface area contributed by atoms with E-state index in [4.69, 9.17) is 0 Å². The van der Waals surface area contributed by atoms with E-state index in [2.05, 4.69) is 21.2 Å². The molecule has 1 saturated carbocycles. The van der Waals surface area contributed by atoms with Crippen molar-refractivity contribution in [3.8, 4) is 0 Å². The molecule has 23 heavy (non-hydrogen) atoms. The van der Waals surface area contributed by atoms with Crippen LogP contribution in [0, 0.1) is 5.92 Å². The van der Waals surface area contributed by atoms with E-state index in [1.54, 1.807) is 0 Å². The average molecular weight is 410 g/mol. The molecule has 1 amide bonds. The highest BCUT2D eigenvalue weighted by molar-refractivity contribution is 9.10. The summed E-state index contributed by atoms with van der Waals surface area (Å²) < 4.78 is 40.0. The number of carbonyl (C=O) groups is 1. The highest BCUT2D eigenvalue weighted by Gasteiger charge is 2.45. The lowest BCUT2D eigenvalue weighted by Crippen LogP contribution is -2.47. The molecule has 0 heterocycles. The first-order valence-corrected chi connectivity index (χ1v) is 9.39. The van der Waals surface area contributed by atoms with Crippen molar-refractivity contribution in [2.45, 2.75) is 49.2 Å². The Morgan fingerprint density at radius 1 is 1.26 bits per heavy atom. The van der Waals surface area contributed by atoms with Crippen LogP contribution in [-0.4, -0.2) is 23.9 Å². The molecule has 0 aromatic heterocycles. The van der Waals surface area contributed by atoms with Crippen LogP contribution in [0.3, 0.4) is 0 Å². The topological polar surface area (TPSA) is 29.1 Å². The van der Waals surface area contributed by atoms with Gasteiger partial charge in [0.05, 0.1) is 5.92 Å². The standard InChI is InChI=1S/C16H19BrF3NOS/c17-12-6-2-4-8-14(12)23-10-9-15(22)21-13-7-3-1-5-11(13)16(18,19)20/h2,4,6,8,11,13H,1,3,5,7,9-10H2,(H,21,22). The number of halogens is 4. The number of benzene rings is 1. The largest absolute Gasteiger partial charge is 0.393 e. The van der Waals surface area contributed by atoms with E-state index < -0.39 is 18.1 Å². The Labute approximate surface area is 146 Å². The SMILES string of the molecule is O=C(CCSc1ccccc1Br)NC1CCCCC1C(F)(F)F. The van der Waals surface area contributed by atoms with Crippen LogP contribution in [0.15, 0.2) is 33.6 Å². The second-order valence-electron chi connectivity index (χ2n) is 5.64. The molecule has 0 bridgehead atoms. The summed E-state index contributed by atoms with van der Waals surface area (Å²) in [6.07, 6.45) is -2.18. The number of amides is 1. The summed E-state index contributed by atoms with van der Waals surface area (Å²) in [4.78, 5) is 13.0. The maximum absolute atomic E-state index is 13.0. The van der Waals surface area contributed by atoms with Gasteiger partial charge in [-0.1, -0.05) is 25.0 Å². The Morgan fingerprint density at radius 2 is 1.96 bits per heavy atom. The first kappa shape index (κ1) is 18.6. The van der Waals surface area contributed by atoms with Gasteiger partial charge in [-0.2, -0.15) is 13.2 Å². The summed E-state index contributed by atoms with van der Waals surface area (Å²) in [7, 11) is 0. The van der Waals surface area contributed by atoms with E-state index in [0.29, 0.717) is 18.6 Å². The summed E-state index contributed by atoms with van der Waals surface area (Å²) in [6, 6.07) is 6.89. The molecule has 1 aromatic rings. The fraction of sp³-hybridized carbons (Fsp3) is 0.562. The molecule has 2 atom stereocenters. The van der Waals surface area contributed by atoms with Crippen molar-refractivity contribution in [3.05, 3.63) is 28.7 Å². The molecule has 7 heteroatoms. The quantitative estimate of drug-likeness (QED) is 0.679. The van der Waals surface area contributed by atoms with E-state index in [9.17, 15) is 18.0 Å². The zero-order valence-corrected chi connectivity index (χ0v) is 14.9. The van der Waals surface area contributed by atoms with Crippen molar-refractivity contribution in [2.24, 2.45) is 5.92 Å². The smallest absolute Gasteiger partial charge is 0.353 e. The lowest BCUT2D eigenvalue weighted by atomic mass is 9.84. The molecule has 128 valence electrons. The van der Waals surface area contributed by atoms with Crippen molar-refractivity contribution in [3.63, 3.8) is 0 Å². The van der Waals surface area contributed by atoms with Gasteiger partial charge in [-0.15, -0.1) is 11.8 Å². The normalized spacial score (nSPS) is 21.9. The Hall–Kier alpha value is -0.690. The number of nitrogens with one attached hydrogen (secondary N) is 1. The van der Waals surface area contributed by atoms with Gasteiger partial charge in [-0.3, -0.25) is 4.79 Å². The third kappa shape index (κ3) is 5.71. The lowest BCUT2D eigenvalue weighted by molar-refractivity contribution is -0.189. The van der Waals surface area contributed by atoms with Gasteiger partial charge in [0.2, 0.25) is 5.91 Å². The van der Waals surface area contributed by atoms with E-state index in [1.165, 1.54) is 11.8 Å². The third-order valence-corrected chi connectivity index (χ3v) is 5.99. The Balaban J connectivity index is 1.81. The molecular weight excluding hydrogens is 391 g/mol. The van der Waals surface area contributed by atoms with Gasteiger partial charge in [0.25, 0.3) is 0 Å². The molecular formula is C16H19BrF3NOS. The van der Waals surface area contributed by atoms with Gasteiger partial charge >= 0.3 is 6.18 Å². The first-order chi connectivity index (χ1) is 10.9. The van der Waals surface area contributed by atoms with Crippen LogP contribution in [0.5, 0.6) is 0 Å². The van der Waals surface area contributed by atoms with Crippen LogP contribution in [0.2, 0.25) is 0 Å². The van der Waals surface area contributed by atoms with Crippen molar-refractivity contribution < 1.29 is 18.0 Å². The van der Waals surface area contributed by atoms with E-state index in [-0.39, 0.29) is 18.7 Å². The fourth-order valence-corrected chi connectivity index (χ4v) is 4.31. The number of thioether (sulfide) groups is 1. The molecule has 2 nitrogen and oxygen atoms in total. The lowest BCUT2D eigenvalue weighted by Gasteiger charge is -2.33. The van der Waals surface area contributed by atoms with E-state index in [1.807, 2.05) is 24.3 Å². The third-order valence-electron chi connectivity index (χ3n) is 3.96. The second-order valence-corrected chi connectivity index (χ2v) is 7.63. The maximum Gasteiger partial charge on any atom is 0.393 e. The Kier molecular flexibility index (Phi) is 6.83. The van der Waals surface area contributed by atoms with Crippen LogP contribution >= 0.6 is 27.7 Å². The van der Waals surface area contributed by atoms with Gasteiger partial charge in [0.1, 0.15) is 0 Å². The monoisotopic (exact) mass is 409 g/mol. The Morgan fingerprint density at radius 3 is 2.65 bits per heavy atom. The summed E-state index contributed by atoms with van der Waals surface area (Å²) in [5, 5.41) is 2.59. The van der Waals surface area contributed by atoms with E-state index >= 15 is 0 Å². The average Bonchev–Trinajstić information content (AvgIpc) is 2.49. The Bertz CT molecular complexity index is 538. The van der Waals surface area contributed by atoms with Crippen molar-refractivity contribution in [2.75, 3.05) is 5.75 Å². The van der Waals surface area contributed by atoms with Crippen LogP contribution in [0.25, 0.3) is 0 Å². The molecule has 1 N–H and O–H groups in total. The minimum Gasteiger partial charge on any atom is -0.353 e. The molecule has 0 spiro atoms. The summed E-state index contributed by atoms with van der Waals surface area (Å²) in [5.74, 6) is -1.17. The summed E-state index contributed by atoms with van der Waals surface area (Å²) in [6.45, 7) is 0. The molecule has 0 saturated heterocycles. The molecule has 1 aromatic carbocycles. The van der Waals surface area contributed by atoms with Gasteiger partial charge in [-0.05, 0) is 40.9 Å². The molecule has 0 radical (unpaired) electrons. The predicted octanol–water partition coefficient (Wildman–Crippen LogP) is 5.17. The number of hydrogen-bond acceptors (Lipinski definition) is 2. The predicted molar refractivity (Wildman–Crippen MR) is 89.4 cm³/mol. The first-order valence-electron chi connectivity index (χ1n) is 7.61. The zero-order valence-electron chi connectivity index (χ0n) is 12.5. The minimum absolute atomic E-state index is 0.111. The molecule has 2 unspecified atom stereocenters. The van der Waals surface area contributed by atoms with Crippen molar-refractivity contribution in [1.29, 1.82) is 0 Å². The highest BCUT2D eigenvalue weighted by atomic mass is 79.9. The molecule has 1 aliphatic carbocycles. The number of carbonyl (C=O) groups excluding carboxylic acids is 1. The van der Waals surface area contributed by atoms with E-state index in [0.717, 1.165) is 15.8 Å². The van der Waals surface area contributed by atoms with Gasteiger partial charge < -0.3 is 5.32 Å². The zero-order chi connectivity index (χ0) is 16.9. The molecule has 1 fully saturated rings. The van der Waals surface area contributed by atoms with Crippen LogP contribution in [0.4, 0.5) is 13.2 Å². The van der Waals surface area contributed by atoms with Gasteiger partial charge in [-0.25, -0.2) is 0 Å². The molecule has 1 aliphatic rings. The minimum atomic E-state index is -4.23. The van der Waals surface area contributed by atoms with Crippen molar-refractivity contribution in [1.82, 2.24) is 5.32 Å². The number of hydrogen-bond donors (Lipinski definition) is 1. The maximum atomic E-state index is 13.0. The van der Waals surface area contributed by atoms with Crippen LogP contribution < -0.4 is 5.32 Å². The summed E-state index contributed by atoms with van der Waals surface area (Å²) in [5.41, 5.74) is 0. The van der Waals surface area contributed by atoms with Gasteiger partial charge in [0, 0.05) is 27.6 Å². The van der Waals surface area contributed by atoms with Gasteiger partial charge in [0.15, 0.2) is 0 Å². The highest BCUT2D eigenvalue weighted by Crippen LogP contribution is 2.37. The van der Waals surface area contributed by atoms with Crippen molar-refractivity contribution >= 4 is 33.6 Å². The fourth-order valence-electron chi connectivity index (χ4n) is 2.79. The van der Waals surface area contributed by atoms with Crippen LogP contribution in [0.1, 0.15) is 32.1 Å². The summed E-state index contributed by atoms with van der Waals surface area (Å²) >= 11 is 4.94. The molecule has 2 rings (SSSR count).